The maximum absolute atomic E-state index is 11.2. The first-order valence-corrected chi connectivity index (χ1v) is 7.67. The molecule has 0 aromatic heterocycles. The average Bonchev–Trinajstić information content (AvgIpc) is 2.54. The molecular formula is C19H24O5. The number of carboxylic acids is 1. The van der Waals surface area contributed by atoms with Gasteiger partial charge in [-0.25, -0.2) is 4.79 Å². The number of ether oxygens (including phenoxy) is 3. The lowest BCUT2D eigenvalue weighted by Gasteiger charge is -2.15. The molecule has 0 saturated carbocycles. The maximum Gasteiger partial charge on any atom is 0.335 e. The van der Waals surface area contributed by atoms with E-state index in [9.17, 15) is 9.90 Å². The molecule has 0 bridgehead atoms. The first-order chi connectivity index (χ1) is 11.6. The van der Waals surface area contributed by atoms with Gasteiger partial charge in [-0.2, -0.15) is 0 Å². The molecule has 0 heterocycles. The fourth-order valence-corrected chi connectivity index (χ4v) is 1.91. The van der Waals surface area contributed by atoms with Crippen LogP contribution in [-0.2, 0) is 4.74 Å². The number of methoxy groups -OCH3 is 1. The van der Waals surface area contributed by atoms with Gasteiger partial charge in [0, 0.05) is 13.2 Å². The summed E-state index contributed by atoms with van der Waals surface area (Å²) in [7, 11) is 1.58. The molecule has 5 nitrogen and oxygen atoms in total. The molecule has 1 N–H and O–H groups in total. The molecule has 130 valence electrons. The molecule has 0 aliphatic rings. The number of hydrogen-bond acceptors (Lipinski definition) is 4. The van der Waals surface area contributed by atoms with Gasteiger partial charge in [-0.05, 0) is 25.5 Å². The normalized spacial score (nSPS) is 12.4. The summed E-state index contributed by atoms with van der Waals surface area (Å²) in [6.45, 7) is 6.28. The predicted molar refractivity (Wildman–Crippen MR) is 94.0 cm³/mol. The maximum atomic E-state index is 11.2. The van der Waals surface area contributed by atoms with Crippen molar-refractivity contribution in [1.82, 2.24) is 0 Å². The summed E-state index contributed by atoms with van der Waals surface area (Å²) in [6.07, 6.45) is 9.78. The van der Waals surface area contributed by atoms with Crippen molar-refractivity contribution in [3.8, 4) is 11.5 Å². The Bertz CT molecular complexity index is 589. The molecule has 0 spiro atoms. The van der Waals surface area contributed by atoms with Crippen LogP contribution in [0.3, 0.4) is 0 Å². The van der Waals surface area contributed by atoms with Crippen molar-refractivity contribution in [2.24, 2.45) is 0 Å². The molecule has 0 amide bonds. The van der Waals surface area contributed by atoms with Crippen LogP contribution in [-0.4, -0.2) is 37.5 Å². The van der Waals surface area contributed by atoms with E-state index >= 15 is 0 Å². The van der Waals surface area contributed by atoms with Crippen LogP contribution in [0.15, 0.2) is 55.2 Å². The molecule has 1 unspecified atom stereocenters. The van der Waals surface area contributed by atoms with Crippen molar-refractivity contribution in [1.29, 1.82) is 0 Å². The third kappa shape index (κ3) is 7.65. The Morgan fingerprint density at radius 3 is 2.67 bits per heavy atom. The molecule has 1 aromatic carbocycles. The quantitative estimate of drug-likeness (QED) is 0.492. The Morgan fingerprint density at radius 1 is 1.25 bits per heavy atom. The molecule has 24 heavy (non-hydrogen) atoms. The van der Waals surface area contributed by atoms with E-state index < -0.39 is 5.97 Å². The van der Waals surface area contributed by atoms with Gasteiger partial charge < -0.3 is 19.3 Å². The summed E-state index contributed by atoms with van der Waals surface area (Å²) in [5.74, 6) is -0.123. The van der Waals surface area contributed by atoms with Gasteiger partial charge in [-0.1, -0.05) is 37.0 Å². The number of carbonyl (C=O) groups is 1. The van der Waals surface area contributed by atoms with Crippen LogP contribution in [0.4, 0.5) is 0 Å². The van der Waals surface area contributed by atoms with Crippen molar-refractivity contribution in [3.63, 3.8) is 0 Å². The standard InChI is InChI=1S/C19H24O5/c1-4-5-6-7-8-9-10-23-17-11-16(19(20)21)12-18(13-17)24-15(2)14-22-3/h4-8,11-13,15H,1,9-10,14H2,2-3H3,(H,20,21)/b6-5-,8-7-. The van der Waals surface area contributed by atoms with Crippen molar-refractivity contribution < 1.29 is 24.1 Å². The zero-order chi connectivity index (χ0) is 17.8. The topological polar surface area (TPSA) is 65.0 Å². The Morgan fingerprint density at radius 2 is 2.00 bits per heavy atom. The highest BCUT2D eigenvalue weighted by Crippen LogP contribution is 2.24. The number of aromatic carboxylic acids is 1. The van der Waals surface area contributed by atoms with E-state index in [0.29, 0.717) is 31.1 Å². The molecule has 0 saturated heterocycles. The first-order valence-electron chi connectivity index (χ1n) is 7.67. The molecule has 5 heteroatoms. The van der Waals surface area contributed by atoms with Crippen molar-refractivity contribution in [2.45, 2.75) is 19.4 Å². The molecule has 1 aromatic rings. The zero-order valence-corrected chi connectivity index (χ0v) is 14.1. The van der Waals surface area contributed by atoms with Crippen molar-refractivity contribution in [2.75, 3.05) is 20.3 Å². The lowest BCUT2D eigenvalue weighted by atomic mass is 10.2. The second-order valence-electron chi connectivity index (χ2n) is 5.07. The monoisotopic (exact) mass is 332 g/mol. The van der Waals surface area contributed by atoms with E-state index in [1.54, 1.807) is 19.3 Å². The highest BCUT2D eigenvalue weighted by Gasteiger charge is 2.11. The molecule has 0 radical (unpaired) electrons. The van der Waals surface area contributed by atoms with E-state index in [2.05, 4.69) is 6.58 Å². The molecule has 1 atom stereocenters. The predicted octanol–water partition coefficient (Wildman–Crippen LogP) is 3.87. The average molecular weight is 332 g/mol. The zero-order valence-electron chi connectivity index (χ0n) is 14.1. The second-order valence-corrected chi connectivity index (χ2v) is 5.07. The van der Waals surface area contributed by atoms with Gasteiger partial charge in [0.25, 0.3) is 0 Å². The third-order valence-corrected chi connectivity index (χ3v) is 2.91. The van der Waals surface area contributed by atoms with E-state index in [1.807, 2.05) is 31.2 Å². The summed E-state index contributed by atoms with van der Waals surface area (Å²) >= 11 is 0. The van der Waals surface area contributed by atoms with E-state index in [0.717, 1.165) is 0 Å². The Balaban J connectivity index is 2.69. The number of hydrogen-bond donors (Lipinski definition) is 1. The Labute approximate surface area is 142 Å². The fraction of sp³-hybridized carbons (Fsp3) is 0.316. The fourth-order valence-electron chi connectivity index (χ4n) is 1.91. The molecule has 0 aliphatic heterocycles. The minimum atomic E-state index is -1.03. The van der Waals surface area contributed by atoms with Gasteiger partial charge in [0.15, 0.2) is 0 Å². The third-order valence-electron chi connectivity index (χ3n) is 2.91. The Hall–Kier alpha value is -2.53. The summed E-state index contributed by atoms with van der Waals surface area (Å²) < 4.78 is 16.3. The van der Waals surface area contributed by atoms with Crippen LogP contribution in [0.2, 0.25) is 0 Å². The second kappa shape index (κ2) is 11.1. The number of rotatable bonds is 11. The van der Waals surface area contributed by atoms with Gasteiger partial charge in [-0.15, -0.1) is 0 Å². The molecule has 1 rings (SSSR count). The van der Waals surface area contributed by atoms with Crippen LogP contribution in [0.1, 0.15) is 23.7 Å². The first kappa shape index (κ1) is 19.5. The Kier molecular flexibility index (Phi) is 9.01. The van der Waals surface area contributed by atoms with Gasteiger partial charge in [0.1, 0.15) is 17.6 Å². The van der Waals surface area contributed by atoms with Crippen LogP contribution in [0.25, 0.3) is 0 Å². The van der Waals surface area contributed by atoms with Crippen LogP contribution < -0.4 is 9.47 Å². The van der Waals surface area contributed by atoms with Crippen LogP contribution in [0, 0.1) is 0 Å². The highest BCUT2D eigenvalue weighted by molar-refractivity contribution is 5.88. The lowest BCUT2D eigenvalue weighted by molar-refractivity contribution is 0.0693. The number of allylic oxidation sites excluding steroid dienone is 4. The van der Waals surface area contributed by atoms with E-state index in [-0.39, 0.29) is 11.7 Å². The summed E-state index contributed by atoms with van der Waals surface area (Å²) in [4.78, 5) is 11.2. The van der Waals surface area contributed by atoms with Gasteiger partial charge in [0.05, 0.1) is 18.8 Å². The van der Waals surface area contributed by atoms with Crippen molar-refractivity contribution >= 4 is 5.97 Å². The van der Waals surface area contributed by atoms with Crippen molar-refractivity contribution in [3.05, 3.63) is 60.7 Å². The molecular weight excluding hydrogens is 308 g/mol. The largest absolute Gasteiger partial charge is 0.493 e. The number of benzene rings is 1. The van der Waals surface area contributed by atoms with E-state index in [4.69, 9.17) is 14.2 Å². The SMILES string of the molecule is C=C/C=C\C=C/CCOc1cc(OC(C)COC)cc(C(=O)O)c1. The minimum absolute atomic E-state index is 0.122. The smallest absolute Gasteiger partial charge is 0.335 e. The summed E-state index contributed by atoms with van der Waals surface area (Å²) in [5, 5.41) is 9.20. The van der Waals surface area contributed by atoms with Gasteiger partial charge in [-0.3, -0.25) is 0 Å². The van der Waals surface area contributed by atoms with Crippen LogP contribution >= 0.6 is 0 Å². The summed E-state index contributed by atoms with van der Waals surface area (Å²) in [5.41, 5.74) is 0.122. The molecule has 0 fully saturated rings. The lowest BCUT2D eigenvalue weighted by Crippen LogP contribution is -2.18. The van der Waals surface area contributed by atoms with Crippen LogP contribution in [0.5, 0.6) is 11.5 Å². The van der Waals surface area contributed by atoms with Gasteiger partial charge in [0.2, 0.25) is 0 Å². The minimum Gasteiger partial charge on any atom is -0.493 e. The molecule has 0 aliphatic carbocycles. The van der Waals surface area contributed by atoms with Gasteiger partial charge >= 0.3 is 5.97 Å². The number of carboxylic acid groups (broad SMARTS) is 1. The highest BCUT2D eigenvalue weighted by atomic mass is 16.5. The van der Waals surface area contributed by atoms with E-state index in [1.165, 1.54) is 12.1 Å². The summed E-state index contributed by atoms with van der Waals surface area (Å²) in [6, 6.07) is 4.64.